The summed E-state index contributed by atoms with van der Waals surface area (Å²) in [5, 5.41) is 0. The van der Waals surface area contributed by atoms with E-state index in [0.29, 0.717) is 17.0 Å². The third kappa shape index (κ3) is 2.88. The molecule has 0 unspecified atom stereocenters. The minimum atomic E-state index is -0.688. The van der Waals surface area contributed by atoms with Gasteiger partial charge in [-0.05, 0) is 44.2 Å². The second-order valence-electron chi connectivity index (χ2n) is 8.50. The van der Waals surface area contributed by atoms with Crippen molar-refractivity contribution in [3.05, 3.63) is 71.8 Å². The SMILES string of the molecule is Cc1ccc(C(=O)[C@@H](C)Oc2cccc(N3C(=O)[C@@H]4[C@@H](C3=O)[C@H]3C=C[C@@H]4C3)c2)cc1. The number of hydrogen-bond donors (Lipinski definition) is 0. The van der Waals surface area contributed by atoms with Crippen LogP contribution in [0.2, 0.25) is 0 Å². The molecule has 2 aromatic carbocycles. The van der Waals surface area contributed by atoms with Gasteiger partial charge in [-0.3, -0.25) is 14.4 Å². The Morgan fingerprint density at radius 3 is 2.27 bits per heavy atom. The maximum absolute atomic E-state index is 13.0. The normalized spacial score (nSPS) is 27.5. The van der Waals surface area contributed by atoms with Crippen LogP contribution in [0, 0.1) is 30.6 Å². The summed E-state index contributed by atoms with van der Waals surface area (Å²) in [5.41, 5.74) is 2.18. The summed E-state index contributed by atoms with van der Waals surface area (Å²) in [6.45, 7) is 3.67. The molecule has 2 bridgehead atoms. The van der Waals surface area contributed by atoms with Crippen LogP contribution in [-0.2, 0) is 9.59 Å². The second-order valence-corrected chi connectivity index (χ2v) is 8.50. The van der Waals surface area contributed by atoms with Crippen LogP contribution in [0.15, 0.2) is 60.7 Å². The number of ketones is 1. The van der Waals surface area contributed by atoms with Crippen LogP contribution in [-0.4, -0.2) is 23.7 Å². The van der Waals surface area contributed by atoms with Crippen LogP contribution in [0.3, 0.4) is 0 Å². The summed E-state index contributed by atoms with van der Waals surface area (Å²) in [5.74, 6) is -0.0324. The first kappa shape index (κ1) is 18.8. The lowest BCUT2D eigenvalue weighted by atomic mass is 9.85. The van der Waals surface area contributed by atoms with E-state index in [1.807, 2.05) is 19.1 Å². The number of carbonyl (C=O) groups excluding carboxylic acids is 3. The molecule has 152 valence electrons. The average molecular weight is 401 g/mol. The molecule has 30 heavy (non-hydrogen) atoms. The minimum absolute atomic E-state index is 0.120. The Bertz CT molecular complexity index is 1040. The van der Waals surface area contributed by atoms with Crippen molar-refractivity contribution in [3.8, 4) is 5.75 Å². The summed E-state index contributed by atoms with van der Waals surface area (Å²) < 4.78 is 5.87. The summed E-state index contributed by atoms with van der Waals surface area (Å²) in [6, 6.07) is 14.3. The van der Waals surface area contributed by atoms with Crippen LogP contribution in [0.5, 0.6) is 5.75 Å². The van der Waals surface area contributed by atoms with E-state index in [2.05, 4.69) is 12.2 Å². The maximum Gasteiger partial charge on any atom is 0.238 e. The number of carbonyl (C=O) groups is 3. The van der Waals surface area contributed by atoms with Crippen molar-refractivity contribution in [2.24, 2.45) is 23.7 Å². The smallest absolute Gasteiger partial charge is 0.238 e. The number of ether oxygens (including phenoxy) is 1. The zero-order chi connectivity index (χ0) is 21.0. The third-order valence-corrected chi connectivity index (χ3v) is 6.56. The standard InChI is InChI=1S/C25H23NO4/c1-14-6-8-16(9-7-14)23(27)15(2)30-20-5-3-4-19(13-20)26-24(28)21-17-10-11-18(12-17)22(21)25(26)29/h3-11,13,15,17-18,21-22H,12H2,1-2H3/t15-,17-,18+,21+,22+/m1/s1. The molecule has 5 rings (SSSR count). The molecule has 1 heterocycles. The summed E-state index contributed by atoms with van der Waals surface area (Å²) >= 11 is 0. The Balaban J connectivity index is 1.35. The molecule has 0 aromatic heterocycles. The van der Waals surface area contributed by atoms with Crippen LogP contribution >= 0.6 is 0 Å². The highest BCUT2D eigenvalue weighted by Crippen LogP contribution is 2.53. The number of nitrogens with zero attached hydrogens (tertiary/aromatic N) is 1. The number of fused-ring (bicyclic) bond motifs is 5. The van der Waals surface area contributed by atoms with Gasteiger partial charge in [-0.1, -0.05) is 48.0 Å². The topological polar surface area (TPSA) is 63.7 Å². The number of amides is 2. The van der Waals surface area contributed by atoms with E-state index in [9.17, 15) is 14.4 Å². The molecule has 5 nitrogen and oxygen atoms in total. The molecule has 3 aliphatic rings. The quantitative estimate of drug-likeness (QED) is 0.432. The Kier molecular flexibility index (Phi) is 4.35. The first-order valence-electron chi connectivity index (χ1n) is 10.4. The van der Waals surface area contributed by atoms with Crippen molar-refractivity contribution in [2.75, 3.05) is 4.90 Å². The van der Waals surface area contributed by atoms with Crippen molar-refractivity contribution in [2.45, 2.75) is 26.4 Å². The van der Waals surface area contributed by atoms with Crippen molar-refractivity contribution in [1.82, 2.24) is 0 Å². The monoisotopic (exact) mass is 401 g/mol. The Labute approximate surface area is 175 Å². The van der Waals surface area contributed by atoms with Crippen LogP contribution in [0.1, 0.15) is 29.3 Å². The number of Topliss-reactive ketones (excluding diaryl/α,β-unsaturated/α-hetero) is 1. The lowest BCUT2D eigenvalue weighted by molar-refractivity contribution is -0.123. The molecule has 1 saturated carbocycles. The Hall–Kier alpha value is -3.21. The van der Waals surface area contributed by atoms with Gasteiger partial charge in [0.1, 0.15) is 5.75 Å². The van der Waals surface area contributed by atoms with Gasteiger partial charge in [0, 0.05) is 11.6 Å². The van der Waals surface area contributed by atoms with Crippen molar-refractivity contribution < 1.29 is 19.1 Å². The molecule has 2 aromatic rings. The lowest BCUT2D eigenvalue weighted by Gasteiger charge is -2.19. The van der Waals surface area contributed by atoms with E-state index >= 15 is 0 Å². The minimum Gasteiger partial charge on any atom is -0.482 e. The molecular formula is C25H23NO4. The maximum atomic E-state index is 13.0. The Morgan fingerprint density at radius 2 is 1.63 bits per heavy atom. The number of allylic oxidation sites excluding steroid dienone is 2. The number of aryl methyl sites for hydroxylation is 1. The molecular weight excluding hydrogens is 378 g/mol. The third-order valence-electron chi connectivity index (χ3n) is 6.56. The largest absolute Gasteiger partial charge is 0.482 e. The second kappa shape index (κ2) is 6.94. The van der Waals surface area contributed by atoms with Gasteiger partial charge in [0.2, 0.25) is 17.6 Å². The molecule has 1 saturated heterocycles. The van der Waals surface area contributed by atoms with Gasteiger partial charge in [-0.15, -0.1) is 0 Å². The molecule has 1 aliphatic heterocycles. The highest BCUT2D eigenvalue weighted by Gasteiger charge is 2.59. The number of rotatable bonds is 5. The van der Waals surface area contributed by atoms with Crippen molar-refractivity contribution in [3.63, 3.8) is 0 Å². The first-order valence-corrected chi connectivity index (χ1v) is 10.4. The van der Waals surface area contributed by atoms with Crippen LogP contribution < -0.4 is 9.64 Å². The number of anilines is 1. The fourth-order valence-electron chi connectivity index (χ4n) is 5.06. The molecule has 2 amide bonds. The number of imide groups is 1. The number of benzene rings is 2. The van der Waals surface area contributed by atoms with E-state index in [-0.39, 0.29) is 41.3 Å². The van der Waals surface area contributed by atoms with Crippen molar-refractivity contribution >= 4 is 23.3 Å². The molecule has 5 atom stereocenters. The van der Waals surface area contributed by atoms with Gasteiger partial charge in [-0.25, -0.2) is 4.90 Å². The predicted octanol–water partition coefficient (Wildman–Crippen LogP) is 3.96. The fourth-order valence-corrected chi connectivity index (χ4v) is 5.06. The van der Waals surface area contributed by atoms with Gasteiger partial charge < -0.3 is 4.74 Å². The van der Waals surface area contributed by atoms with E-state index in [1.54, 1.807) is 43.3 Å². The first-order chi connectivity index (χ1) is 14.4. The van der Waals surface area contributed by atoms with Gasteiger partial charge in [0.15, 0.2) is 6.10 Å². The van der Waals surface area contributed by atoms with Gasteiger partial charge in [0.05, 0.1) is 17.5 Å². The van der Waals surface area contributed by atoms with E-state index in [4.69, 9.17) is 4.74 Å². The average Bonchev–Trinajstić information content (AvgIpc) is 3.42. The Morgan fingerprint density at radius 1 is 1.00 bits per heavy atom. The summed E-state index contributed by atoms with van der Waals surface area (Å²) in [4.78, 5) is 40.0. The molecule has 2 aliphatic carbocycles. The lowest BCUT2D eigenvalue weighted by Crippen LogP contribution is -2.33. The molecule has 5 heteroatoms. The van der Waals surface area contributed by atoms with Gasteiger partial charge >= 0.3 is 0 Å². The molecule has 0 radical (unpaired) electrons. The van der Waals surface area contributed by atoms with Gasteiger partial charge in [0.25, 0.3) is 0 Å². The molecule has 2 fully saturated rings. The summed E-state index contributed by atoms with van der Waals surface area (Å²) in [7, 11) is 0. The fraction of sp³-hybridized carbons (Fsp3) is 0.320. The number of hydrogen-bond acceptors (Lipinski definition) is 4. The van der Waals surface area contributed by atoms with Crippen molar-refractivity contribution in [1.29, 1.82) is 0 Å². The van der Waals surface area contributed by atoms with E-state index in [1.165, 1.54) is 4.90 Å². The highest BCUT2D eigenvalue weighted by atomic mass is 16.5. The predicted molar refractivity (Wildman–Crippen MR) is 112 cm³/mol. The highest BCUT2D eigenvalue weighted by molar-refractivity contribution is 6.22. The molecule has 0 N–H and O–H groups in total. The summed E-state index contributed by atoms with van der Waals surface area (Å²) in [6.07, 6.45) is 4.38. The van der Waals surface area contributed by atoms with E-state index < -0.39 is 6.10 Å². The van der Waals surface area contributed by atoms with Crippen LogP contribution in [0.25, 0.3) is 0 Å². The van der Waals surface area contributed by atoms with E-state index in [0.717, 1.165) is 12.0 Å². The zero-order valence-electron chi connectivity index (χ0n) is 16.9. The van der Waals surface area contributed by atoms with Crippen LogP contribution in [0.4, 0.5) is 5.69 Å². The zero-order valence-corrected chi connectivity index (χ0v) is 16.9. The molecule has 0 spiro atoms. The van der Waals surface area contributed by atoms with Gasteiger partial charge in [-0.2, -0.15) is 0 Å².